The first-order valence-electron chi connectivity index (χ1n) is 8.14. The van der Waals surface area contributed by atoms with Crippen molar-refractivity contribution in [3.63, 3.8) is 0 Å². The van der Waals surface area contributed by atoms with Crippen molar-refractivity contribution in [1.82, 2.24) is 9.88 Å². The van der Waals surface area contributed by atoms with Crippen molar-refractivity contribution >= 4 is 11.6 Å². The van der Waals surface area contributed by atoms with Gasteiger partial charge in [-0.2, -0.15) is 0 Å². The Morgan fingerprint density at radius 2 is 2.08 bits per heavy atom. The van der Waals surface area contributed by atoms with Gasteiger partial charge in [0.2, 0.25) is 5.91 Å². The molecule has 0 saturated heterocycles. The van der Waals surface area contributed by atoms with Gasteiger partial charge >= 0.3 is 0 Å². The average Bonchev–Trinajstić information content (AvgIpc) is 2.59. The Hall–Kier alpha value is -2.24. The maximum Gasteiger partial charge on any atom is 0.241 e. The van der Waals surface area contributed by atoms with Gasteiger partial charge in [0.25, 0.3) is 0 Å². The molecule has 24 heavy (non-hydrogen) atoms. The van der Waals surface area contributed by atoms with Crippen molar-refractivity contribution in [2.75, 3.05) is 18.5 Å². The molecule has 1 amide bonds. The molecule has 1 atom stereocenters. The Morgan fingerprint density at radius 1 is 1.29 bits per heavy atom. The summed E-state index contributed by atoms with van der Waals surface area (Å²) in [6, 6.07) is 9.33. The number of amides is 1. The molecule has 0 aliphatic heterocycles. The lowest BCUT2D eigenvalue weighted by atomic mass is 10.1. The van der Waals surface area contributed by atoms with Gasteiger partial charge in [-0.25, -0.2) is 0 Å². The van der Waals surface area contributed by atoms with Gasteiger partial charge in [0.1, 0.15) is 0 Å². The molecule has 128 valence electrons. The number of aromatic nitrogens is 1. The highest BCUT2D eigenvalue weighted by Gasteiger charge is 2.21. The van der Waals surface area contributed by atoms with Crippen LogP contribution in [0.15, 0.2) is 42.7 Å². The van der Waals surface area contributed by atoms with Crippen molar-refractivity contribution in [2.45, 2.75) is 33.4 Å². The van der Waals surface area contributed by atoms with Crippen LogP contribution in [-0.2, 0) is 11.3 Å². The summed E-state index contributed by atoms with van der Waals surface area (Å²) in [7, 11) is 0. The second-order valence-corrected chi connectivity index (χ2v) is 5.97. The fourth-order valence-corrected chi connectivity index (χ4v) is 2.55. The van der Waals surface area contributed by atoms with Crippen molar-refractivity contribution < 1.29 is 9.90 Å². The number of hydrogen-bond acceptors (Lipinski definition) is 4. The van der Waals surface area contributed by atoms with E-state index in [1.54, 1.807) is 12.4 Å². The van der Waals surface area contributed by atoms with E-state index < -0.39 is 0 Å². The van der Waals surface area contributed by atoms with Crippen molar-refractivity contribution in [3.8, 4) is 0 Å². The third-order valence-electron chi connectivity index (χ3n) is 4.29. The van der Waals surface area contributed by atoms with Crippen LogP contribution in [0.25, 0.3) is 0 Å². The number of aliphatic hydroxyl groups is 1. The van der Waals surface area contributed by atoms with Crippen LogP contribution in [0.2, 0.25) is 0 Å². The van der Waals surface area contributed by atoms with Crippen LogP contribution >= 0.6 is 0 Å². The topological polar surface area (TPSA) is 65.5 Å². The molecule has 1 unspecified atom stereocenters. The Morgan fingerprint density at radius 3 is 2.75 bits per heavy atom. The molecule has 1 heterocycles. The predicted octanol–water partition coefficient (Wildman–Crippen LogP) is 2.52. The van der Waals surface area contributed by atoms with E-state index in [1.165, 1.54) is 0 Å². The maximum atomic E-state index is 12.6. The molecule has 1 aromatic heterocycles. The highest BCUT2D eigenvalue weighted by atomic mass is 16.3. The maximum absolute atomic E-state index is 12.6. The standard InChI is InChI=1S/C19H25N3O2/c1-14-6-4-8-18(15(14)2)21-19(24)16(3)22(10-11-23)13-17-7-5-9-20-12-17/h4-9,12,16,23H,10-11,13H2,1-3H3,(H,21,24). The van der Waals surface area contributed by atoms with E-state index in [-0.39, 0.29) is 18.6 Å². The molecule has 2 rings (SSSR count). The van der Waals surface area contributed by atoms with E-state index in [1.807, 2.05) is 56.0 Å². The van der Waals surface area contributed by atoms with E-state index in [4.69, 9.17) is 0 Å². The number of nitrogens with one attached hydrogen (secondary N) is 1. The van der Waals surface area contributed by atoms with Crippen LogP contribution in [-0.4, -0.2) is 40.1 Å². The average molecular weight is 327 g/mol. The third-order valence-corrected chi connectivity index (χ3v) is 4.29. The van der Waals surface area contributed by atoms with Crippen LogP contribution in [0, 0.1) is 13.8 Å². The van der Waals surface area contributed by atoms with E-state index in [2.05, 4.69) is 10.3 Å². The largest absolute Gasteiger partial charge is 0.395 e. The molecule has 5 heteroatoms. The number of aryl methyl sites for hydroxylation is 1. The minimum absolute atomic E-state index is 0.00134. The number of hydrogen-bond donors (Lipinski definition) is 2. The summed E-state index contributed by atoms with van der Waals surface area (Å²) < 4.78 is 0. The first kappa shape index (κ1) is 18.1. The van der Waals surface area contributed by atoms with E-state index >= 15 is 0 Å². The molecule has 5 nitrogen and oxygen atoms in total. The molecule has 0 radical (unpaired) electrons. The van der Waals surface area contributed by atoms with Gasteiger partial charge in [-0.05, 0) is 49.6 Å². The van der Waals surface area contributed by atoms with E-state index in [0.29, 0.717) is 13.1 Å². The normalized spacial score (nSPS) is 12.2. The third kappa shape index (κ3) is 4.63. The zero-order valence-electron chi connectivity index (χ0n) is 14.5. The highest BCUT2D eigenvalue weighted by Crippen LogP contribution is 2.19. The van der Waals surface area contributed by atoms with E-state index in [9.17, 15) is 9.90 Å². The SMILES string of the molecule is Cc1cccc(NC(=O)C(C)N(CCO)Cc2cccnc2)c1C. The minimum Gasteiger partial charge on any atom is -0.395 e. The minimum atomic E-state index is -0.364. The number of carbonyl (C=O) groups is 1. The molecule has 0 spiro atoms. The fraction of sp³-hybridized carbons (Fsp3) is 0.368. The molecule has 0 fully saturated rings. The second-order valence-electron chi connectivity index (χ2n) is 5.97. The summed E-state index contributed by atoms with van der Waals surface area (Å²) in [5.74, 6) is -0.0824. The Bertz CT molecular complexity index is 674. The molecule has 0 aliphatic carbocycles. The van der Waals surface area contributed by atoms with Crippen molar-refractivity contribution in [2.24, 2.45) is 0 Å². The molecular formula is C19H25N3O2. The first-order valence-corrected chi connectivity index (χ1v) is 8.14. The molecule has 0 bridgehead atoms. The Labute approximate surface area is 143 Å². The van der Waals surface area contributed by atoms with Crippen LogP contribution in [0.5, 0.6) is 0 Å². The summed E-state index contributed by atoms with van der Waals surface area (Å²) in [6.07, 6.45) is 3.50. The lowest BCUT2D eigenvalue weighted by molar-refractivity contribution is -0.121. The van der Waals surface area contributed by atoms with Crippen molar-refractivity contribution in [1.29, 1.82) is 0 Å². The highest BCUT2D eigenvalue weighted by molar-refractivity contribution is 5.95. The van der Waals surface area contributed by atoms with E-state index in [0.717, 1.165) is 22.4 Å². The zero-order chi connectivity index (χ0) is 17.5. The summed E-state index contributed by atoms with van der Waals surface area (Å²) in [6.45, 7) is 6.87. The molecule has 0 aliphatic rings. The Balaban J connectivity index is 2.09. The second kappa shape index (κ2) is 8.57. The van der Waals surface area contributed by atoms with Gasteiger partial charge in [-0.3, -0.25) is 14.7 Å². The Kier molecular flexibility index (Phi) is 6.46. The van der Waals surface area contributed by atoms with Crippen LogP contribution in [0.3, 0.4) is 0 Å². The summed E-state index contributed by atoms with van der Waals surface area (Å²) in [5, 5.41) is 12.3. The lowest BCUT2D eigenvalue weighted by Crippen LogP contribution is -2.43. The summed E-state index contributed by atoms with van der Waals surface area (Å²) >= 11 is 0. The molecule has 2 N–H and O–H groups in total. The van der Waals surface area contributed by atoms with Gasteiger partial charge in [0, 0.05) is 31.2 Å². The lowest BCUT2D eigenvalue weighted by Gasteiger charge is -2.27. The quantitative estimate of drug-likeness (QED) is 0.820. The smallest absolute Gasteiger partial charge is 0.241 e. The van der Waals surface area contributed by atoms with Gasteiger partial charge in [0.05, 0.1) is 12.6 Å². The number of rotatable bonds is 7. The molecule has 1 aromatic carbocycles. The summed E-state index contributed by atoms with van der Waals surface area (Å²) in [4.78, 5) is 18.7. The molecule has 2 aromatic rings. The first-order chi connectivity index (χ1) is 11.5. The number of benzene rings is 1. The predicted molar refractivity (Wildman–Crippen MR) is 95.7 cm³/mol. The van der Waals surface area contributed by atoms with Crippen LogP contribution in [0.1, 0.15) is 23.6 Å². The zero-order valence-corrected chi connectivity index (χ0v) is 14.5. The van der Waals surface area contributed by atoms with Gasteiger partial charge < -0.3 is 10.4 Å². The fourth-order valence-electron chi connectivity index (χ4n) is 2.55. The van der Waals surface area contributed by atoms with Gasteiger partial charge in [-0.15, -0.1) is 0 Å². The molecular weight excluding hydrogens is 302 g/mol. The van der Waals surface area contributed by atoms with Crippen LogP contribution < -0.4 is 5.32 Å². The number of nitrogens with zero attached hydrogens (tertiary/aromatic N) is 2. The van der Waals surface area contributed by atoms with Gasteiger partial charge in [-0.1, -0.05) is 18.2 Å². The number of pyridine rings is 1. The number of anilines is 1. The molecule has 0 saturated carbocycles. The monoisotopic (exact) mass is 327 g/mol. The number of carbonyl (C=O) groups excluding carboxylic acids is 1. The van der Waals surface area contributed by atoms with Crippen LogP contribution in [0.4, 0.5) is 5.69 Å². The van der Waals surface area contributed by atoms with Crippen molar-refractivity contribution in [3.05, 3.63) is 59.4 Å². The number of aliphatic hydroxyl groups excluding tert-OH is 1. The summed E-state index contributed by atoms with van der Waals surface area (Å²) in [5.41, 5.74) is 4.05. The van der Waals surface area contributed by atoms with Gasteiger partial charge in [0.15, 0.2) is 0 Å².